The van der Waals surface area contributed by atoms with Gasteiger partial charge in [0.25, 0.3) is 0 Å². The zero-order chi connectivity index (χ0) is 14.1. The molecule has 0 spiro atoms. The molecule has 1 unspecified atom stereocenters. The van der Waals surface area contributed by atoms with Gasteiger partial charge in [0, 0.05) is 30.2 Å². The van der Waals surface area contributed by atoms with Crippen LogP contribution in [0.4, 0.5) is 4.39 Å². The number of aromatic nitrogens is 2. The highest BCUT2D eigenvalue weighted by molar-refractivity contribution is 14.1. The SMILES string of the molecule is Fc1cc2c(cc1I)nc(CCCl)n2CC1CCCS1. The number of rotatable bonds is 4. The van der Waals surface area contributed by atoms with Gasteiger partial charge in [0.15, 0.2) is 0 Å². The van der Waals surface area contributed by atoms with E-state index in [1.54, 1.807) is 6.07 Å². The molecule has 6 heteroatoms. The van der Waals surface area contributed by atoms with E-state index in [2.05, 4.69) is 9.55 Å². The van der Waals surface area contributed by atoms with E-state index in [9.17, 15) is 4.39 Å². The van der Waals surface area contributed by atoms with Crippen molar-refractivity contribution in [3.63, 3.8) is 0 Å². The lowest BCUT2D eigenvalue weighted by Crippen LogP contribution is -2.13. The summed E-state index contributed by atoms with van der Waals surface area (Å²) in [4.78, 5) is 4.64. The molecule has 2 heterocycles. The van der Waals surface area contributed by atoms with Crippen molar-refractivity contribution in [2.45, 2.75) is 31.1 Å². The number of hydrogen-bond acceptors (Lipinski definition) is 2. The Labute approximate surface area is 140 Å². The van der Waals surface area contributed by atoms with Gasteiger partial charge in [-0.05, 0) is 47.3 Å². The zero-order valence-corrected chi connectivity index (χ0v) is 14.6. The summed E-state index contributed by atoms with van der Waals surface area (Å²) in [6, 6.07) is 3.43. The lowest BCUT2D eigenvalue weighted by atomic mass is 10.2. The molecule has 1 atom stereocenters. The lowest BCUT2D eigenvalue weighted by molar-refractivity contribution is 0.612. The normalized spacial score (nSPS) is 19.1. The van der Waals surface area contributed by atoms with E-state index in [-0.39, 0.29) is 5.82 Å². The highest BCUT2D eigenvalue weighted by Crippen LogP contribution is 2.30. The summed E-state index contributed by atoms with van der Waals surface area (Å²) in [6.45, 7) is 0.910. The zero-order valence-electron chi connectivity index (χ0n) is 10.9. The molecule has 2 aromatic rings. The molecule has 20 heavy (non-hydrogen) atoms. The molecule has 0 radical (unpaired) electrons. The number of fused-ring (bicyclic) bond motifs is 1. The van der Waals surface area contributed by atoms with Gasteiger partial charge in [0.2, 0.25) is 0 Å². The Kier molecular flexibility index (Phi) is 4.77. The summed E-state index contributed by atoms with van der Waals surface area (Å²) in [7, 11) is 0. The van der Waals surface area contributed by atoms with Crippen LogP contribution in [0.5, 0.6) is 0 Å². The first-order valence-corrected chi connectivity index (χ1v) is 9.37. The molecule has 3 rings (SSSR count). The Hall–Kier alpha value is -0.0100. The summed E-state index contributed by atoms with van der Waals surface area (Å²) in [5.41, 5.74) is 1.77. The average Bonchev–Trinajstić information content (AvgIpc) is 3.02. The summed E-state index contributed by atoms with van der Waals surface area (Å²) < 4.78 is 16.6. The number of nitrogens with zero attached hydrogens (tertiary/aromatic N) is 2. The third-order valence-electron chi connectivity index (χ3n) is 3.60. The van der Waals surface area contributed by atoms with E-state index in [0.29, 0.717) is 14.7 Å². The average molecular weight is 425 g/mol. The lowest BCUT2D eigenvalue weighted by Gasteiger charge is -2.13. The van der Waals surface area contributed by atoms with Crippen LogP contribution in [-0.4, -0.2) is 26.4 Å². The minimum Gasteiger partial charge on any atom is -0.327 e. The first kappa shape index (κ1) is 14.9. The van der Waals surface area contributed by atoms with Crippen molar-refractivity contribution in [2.75, 3.05) is 11.6 Å². The molecule has 1 aliphatic heterocycles. The topological polar surface area (TPSA) is 17.8 Å². The summed E-state index contributed by atoms with van der Waals surface area (Å²) in [5.74, 6) is 2.58. The van der Waals surface area contributed by atoms with Crippen LogP contribution in [0.25, 0.3) is 11.0 Å². The molecule has 0 aliphatic carbocycles. The van der Waals surface area contributed by atoms with Gasteiger partial charge in [0.05, 0.1) is 14.6 Å². The monoisotopic (exact) mass is 424 g/mol. The summed E-state index contributed by atoms with van der Waals surface area (Å²) in [6.07, 6.45) is 3.24. The van der Waals surface area contributed by atoms with Crippen LogP contribution in [0.2, 0.25) is 0 Å². The second-order valence-corrected chi connectivity index (χ2v) is 7.92. The van der Waals surface area contributed by atoms with Crippen LogP contribution in [0.3, 0.4) is 0 Å². The quantitative estimate of drug-likeness (QED) is 0.533. The molecule has 0 saturated carbocycles. The number of halogens is 3. The molecule has 2 nitrogen and oxygen atoms in total. The van der Waals surface area contributed by atoms with Gasteiger partial charge in [-0.1, -0.05) is 0 Å². The first-order chi connectivity index (χ1) is 9.69. The summed E-state index contributed by atoms with van der Waals surface area (Å²) >= 11 is 9.90. The number of thioether (sulfide) groups is 1. The number of aryl methyl sites for hydroxylation is 1. The van der Waals surface area contributed by atoms with E-state index in [1.165, 1.54) is 18.6 Å². The van der Waals surface area contributed by atoms with E-state index in [0.717, 1.165) is 29.8 Å². The van der Waals surface area contributed by atoms with Crippen LogP contribution >= 0.6 is 46.0 Å². The number of alkyl halides is 1. The smallest absolute Gasteiger partial charge is 0.138 e. The number of hydrogen-bond donors (Lipinski definition) is 0. The molecular formula is C14H15ClFIN2S. The Balaban J connectivity index is 2.04. The standard InChI is InChI=1S/C14H15ClFIN2S/c15-4-3-14-18-12-7-11(17)10(16)6-13(12)19(14)8-9-2-1-5-20-9/h6-7,9H,1-5,8H2. The van der Waals surface area contributed by atoms with Crippen molar-refractivity contribution in [1.82, 2.24) is 9.55 Å². The predicted molar refractivity (Wildman–Crippen MR) is 92.3 cm³/mol. The molecule has 108 valence electrons. The molecular weight excluding hydrogens is 410 g/mol. The van der Waals surface area contributed by atoms with Gasteiger partial charge in [-0.3, -0.25) is 0 Å². The highest BCUT2D eigenvalue weighted by Gasteiger charge is 2.20. The molecule has 0 bridgehead atoms. The molecule has 0 amide bonds. The van der Waals surface area contributed by atoms with Crippen molar-refractivity contribution in [2.24, 2.45) is 0 Å². The van der Waals surface area contributed by atoms with Gasteiger partial charge in [-0.15, -0.1) is 11.6 Å². The maximum atomic E-state index is 13.9. The third-order valence-corrected chi connectivity index (χ3v) is 5.99. The molecule has 1 saturated heterocycles. The minimum atomic E-state index is -0.171. The first-order valence-electron chi connectivity index (χ1n) is 6.71. The Morgan fingerprint density at radius 2 is 2.35 bits per heavy atom. The van der Waals surface area contributed by atoms with E-state index < -0.39 is 0 Å². The van der Waals surface area contributed by atoms with Crippen molar-refractivity contribution < 1.29 is 4.39 Å². The van der Waals surface area contributed by atoms with Gasteiger partial charge >= 0.3 is 0 Å². The van der Waals surface area contributed by atoms with E-state index >= 15 is 0 Å². The number of imidazole rings is 1. The number of benzene rings is 1. The Morgan fingerprint density at radius 1 is 1.50 bits per heavy atom. The molecule has 1 aliphatic rings. The molecule has 1 aromatic heterocycles. The van der Waals surface area contributed by atoms with Crippen LogP contribution in [0.1, 0.15) is 18.7 Å². The Morgan fingerprint density at radius 3 is 3.05 bits per heavy atom. The predicted octanol–water partition coefficient (Wildman–Crippen LogP) is 4.46. The highest BCUT2D eigenvalue weighted by atomic mass is 127. The van der Waals surface area contributed by atoms with Crippen molar-refractivity contribution in [3.05, 3.63) is 27.3 Å². The fourth-order valence-corrected chi connectivity index (χ4v) is 4.52. The van der Waals surface area contributed by atoms with Gasteiger partial charge < -0.3 is 4.57 Å². The van der Waals surface area contributed by atoms with Crippen molar-refractivity contribution >= 4 is 57.0 Å². The van der Waals surface area contributed by atoms with E-state index in [4.69, 9.17) is 11.6 Å². The molecule has 1 fully saturated rings. The van der Waals surface area contributed by atoms with E-state index in [1.807, 2.05) is 40.4 Å². The van der Waals surface area contributed by atoms with Gasteiger partial charge in [0.1, 0.15) is 11.6 Å². The fourth-order valence-electron chi connectivity index (χ4n) is 2.64. The van der Waals surface area contributed by atoms with Crippen LogP contribution in [0.15, 0.2) is 12.1 Å². The Bertz CT molecular complexity index is 625. The second kappa shape index (κ2) is 6.40. The van der Waals surface area contributed by atoms with Crippen LogP contribution in [0, 0.1) is 9.39 Å². The fraction of sp³-hybridized carbons (Fsp3) is 0.500. The molecule has 1 aromatic carbocycles. The maximum Gasteiger partial charge on any atom is 0.138 e. The second-order valence-electron chi connectivity index (χ2n) is 4.97. The van der Waals surface area contributed by atoms with Crippen molar-refractivity contribution in [3.8, 4) is 0 Å². The summed E-state index contributed by atoms with van der Waals surface area (Å²) in [5, 5.41) is 0.615. The largest absolute Gasteiger partial charge is 0.327 e. The minimum absolute atomic E-state index is 0.171. The van der Waals surface area contributed by atoms with Crippen molar-refractivity contribution in [1.29, 1.82) is 0 Å². The van der Waals surface area contributed by atoms with Crippen LogP contribution < -0.4 is 0 Å². The van der Waals surface area contributed by atoms with Gasteiger partial charge in [-0.25, -0.2) is 9.37 Å². The van der Waals surface area contributed by atoms with Crippen LogP contribution in [-0.2, 0) is 13.0 Å². The maximum absolute atomic E-state index is 13.9. The third kappa shape index (κ3) is 2.95. The molecule has 0 N–H and O–H groups in total. The van der Waals surface area contributed by atoms with Gasteiger partial charge in [-0.2, -0.15) is 11.8 Å².